The van der Waals surface area contributed by atoms with Gasteiger partial charge in [0, 0.05) is 30.1 Å². The minimum atomic E-state index is -0.451. The lowest BCUT2D eigenvalue weighted by Gasteiger charge is -2.24. The molecule has 1 saturated heterocycles. The van der Waals surface area contributed by atoms with Crippen LogP contribution in [0.1, 0.15) is 44.4 Å². The Kier molecular flexibility index (Phi) is 4.00. The largest absolute Gasteiger partial charge is 0.444 e. The van der Waals surface area contributed by atoms with Crippen molar-refractivity contribution < 1.29 is 9.53 Å². The van der Waals surface area contributed by atoms with Crippen LogP contribution >= 0.6 is 0 Å². The first-order chi connectivity index (χ1) is 10.8. The zero-order valence-corrected chi connectivity index (χ0v) is 14.3. The number of para-hydroxylation sites is 1. The third-order valence-corrected chi connectivity index (χ3v) is 4.20. The molecule has 0 bridgehead atoms. The lowest BCUT2D eigenvalue weighted by atomic mass is 10.0. The molecule has 2 aromatic rings. The van der Waals surface area contributed by atoms with Crippen molar-refractivity contribution in [2.45, 2.75) is 45.6 Å². The lowest BCUT2D eigenvalue weighted by Crippen LogP contribution is -2.35. The van der Waals surface area contributed by atoms with Crippen molar-refractivity contribution in [2.24, 2.45) is 0 Å². The molecule has 1 atom stereocenters. The fraction of sp³-hybridized carbons (Fsp3) is 0.474. The molecule has 1 aliphatic rings. The van der Waals surface area contributed by atoms with Gasteiger partial charge in [0.05, 0.1) is 5.52 Å². The second kappa shape index (κ2) is 5.84. The standard InChI is InChI=1S/C19H24N2O2/c1-13-11-17(20-16-8-6-5-7-15(13)16)14-9-10-21(12-14)18(22)23-19(2,3)4/h5-8,11,14H,9-10,12H2,1-4H3. The molecule has 0 aliphatic carbocycles. The summed E-state index contributed by atoms with van der Waals surface area (Å²) < 4.78 is 5.47. The van der Waals surface area contributed by atoms with Crippen LogP contribution < -0.4 is 0 Å². The van der Waals surface area contributed by atoms with E-state index in [1.165, 1.54) is 10.9 Å². The first-order valence-corrected chi connectivity index (χ1v) is 8.18. The van der Waals surface area contributed by atoms with Crippen molar-refractivity contribution in [1.82, 2.24) is 9.88 Å². The van der Waals surface area contributed by atoms with Crippen molar-refractivity contribution in [2.75, 3.05) is 13.1 Å². The van der Waals surface area contributed by atoms with Crippen LogP contribution in [0.4, 0.5) is 4.79 Å². The number of aryl methyl sites for hydroxylation is 1. The monoisotopic (exact) mass is 312 g/mol. The molecule has 23 heavy (non-hydrogen) atoms. The molecule has 1 aromatic carbocycles. The summed E-state index contributed by atoms with van der Waals surface area (Å²) in [6.07, 6.45) is 0.710. The van der Waals surface area contributed by atoms with Crippen LogP contribution in [0.5, 0.6) is 0 Å². The first kappa shape index (κ1) is 15.8. The molecule has 122 valence electrons. The third kappa shape index (κ3) is 3.46. The highest BCUT2D eigenvalue weighted by molar-refractivity contribution is 5.82. The smallest absolute Gasteiger partial charge is 0.410 e. The second-order valence-corrected chi connectivity index (χ2v) is 7.29. The van der Waals surface area contributed by atoms with Crippen molar-refractivity contribution in [3.05, 3.63) is 41.6 Å². The number of amides is 1. The summed E-state index contributed by atoms with van der Waals surface area (Å²) in [6.45, 7) is 9.22. The van der Waals surface area contributed by atoms with Crippen LogP contribution in [-0.4, -0.2) is 34.7 Å². The number of hydrogen-bond acceptors (Lipinski definition) is 3. The summed E-state index contributed by atoms with van der Waals surface area (Å²) >= 11 is 0. The molecule has 2 heterocycles. The number of nitrogens with zero attached hydrogens (tertiary/aromatic N) is 2. The minimum absolute atomic E-state index is 0.225. The molecular formula is C19H24N2O2. The number of carbonyl (C=O) groups is 1. The molecule has 4 nitrogen and oxygen atoms in total. The fourth-order valence-electron chi connectivity index (χ4n) is 3.08. The van der Waals surface area contributed by atoms with E-state index in [2.05, 4.69) is 19.1 Å². The molecule has 1 aliphatic heterocycles. The van der Waals surface area contributed by atoms with Gasteiger partial charge in [0.2, 0.25) is 0 Å². The summed E-state index contributed by atoms with van der Waals surface area (Å²) in [5.41, 5.74) is 2.89. The number of likely N-dealkylation sites (tertiary alicyclic amines) is 1. The maximum atomic E-state index is 12.2. The van der Waals surface area contributed by atoms with E-state index in [0.717, 1.165) is 24.2 Å². The van der Waals surface area contributed by atoms with Crippen LogP contribution in [0.25, 0.3) is 10.9 Å². The van der Waals surface area contributed by atoms with E-state index in [-0.39, 0.29) is 12.0 Å². The highest BCUT2D eigenvalue weighted by atomic mass is 16.6. The van der Waals surface area contributed by atoms with Gasteiger partial charge in [-0.15, -0.1) is 0 Å². The average Bonchev–Trinajstić information content (AvgIpc) is 2.95. The predicted octanol–water partition coefficient (Wildman–Crippen LogP) is 4.27. The van der Waals surface area contributed by atoms with Gasteiger partial charge in [-0.2, -0.15) is 0 Å². The molecule has 0 N–H and O–H groups in total. The third-order valence-electron chi connectivity index (χ3n) is 4.20. The molecule has 1 fully saturated rings. The normalized spacial score (nSPS) is 18.4. The van der Waals surface area contributed by atoms with E-state index >= 15 is 0 Å². The number of pyridine rings is 1. The quantitative estimate of drug-likeness (QED) is 0.790. The van der Waals surface area contributed by atoms with Gasteiger partial charge < -0.3 is 9.64 Å². The Hall–Kier alpha value is -2.10. The van der Waals surface area contributed by atoms with Crippen molar-refractivity contribution in [3.63, 3.8) is 0 Å². The Labute approximate surface area is 137 Å². The Bertz CT molecular complexity index is 734. The van der Waals surface area contributed by atoms with E-state index < -0.39 is 5.60 Å². The number of rotatable bonds is 1. The Balaban J connectivity index is 1.78. The number of benzene rings is 1. The van der Waals surface area contributed by atoms with Gasteiger partial charge in [-0.3, -0.25) is 4.98 Å². The molecule has 3 rings (SSSR count). The van der Waals surface area contributed by atoms with E-state index in [1.807, 2.05) is 39.0 Å². The van der Waals surface area contributed by atoms with Gasteiger partial charge in [0.15, 0.2) is 0 Å². The lowest BCUT2D eigenvalue weighted by molar-refractivity contribution is 0.0292. The van der Waals surface area contributed by atoms with Gasteiger partial charge in [-0.25, -0.2) is 4.79 Å². The maximum absolute atomic E-state index is 12.2. The van der Waals surface area contributed by atoms with Gasteiger partial charge >= 0.3 is 6.09 Å². The first-order valence-electron chi connectivity index (χ1n) is 8.18. The zero-order valence-electron chi connectivity index (χ0n) is 14.3. The van der Waals surface area contributed by atoms with E-state index in [9.17, 15) is 4.79 Å². The minimum Gasteiger partial charge on any atom is -0.444 e. The van der Waals surface area contributed by atoms with Gasteiger partial charge in [-0.1, -0.05) is 18.2 Å². The van der Waals surface area contributed by atoms with Crippen LogP contribution in [0.3, 0.4) is 0 Å². The number of fused-ring (bicyclic) bond motifs is 1. The van der Waals surface area contributed by atoms with Crippen LogP contribution in [0.2, 0.25) is 0 Å². The topological polar surface area (TPSA) is 42.4 Å². The molecular weight excluding hydrogens is 288 g/mol. The average molecular weight is 312 g/mol. The molecule has 4 heteroatoms. The second-order valence-electron chi connectivity index (χ2n) is 7.29. The number of carbonyl (C=O) groups excluding carboxylic acids is 1. The number of aromatic nitrogens is 1. The van der Waals surface area contributed by atoms with E-state index in [4.69, 9.17) is 9.72 Å². The zero-order chi connectivity index (χ0) is 16.6. The molecule has 1 unspecified atom stereocenters. The van der Waals surface area contributed by atoms with Crippen LogP contribution in [-0.2, 0) is 4.74 Å². The molecule has 1 aromatic heterocycles. The van der Waals surface area contributed by atoms with E-state index in [1.54, 1.807) is 4.90 Å². The summed E-state index contributed by atoms with van der Waals surface area (Å²) in [4.78, 5) is 18.8. The molecule has 0 spiro atoms. The number of hydrogen-bond donors (Lipinski definition) is 0. The SMILES string of the molecule is Cc1cc(C2CCN(C(=O)OC(C)(C)C)C2)nc2ccccc12. The Morgan fingerprint density at radius 3 is 2.78 bits per heavy atom. The van der Waals surface area contributed by atoms with Gasteiger partial charge in [-0.05, 0) is 51.8 Å². The predicted molar refractivity (Wildman–Crippen MR) is 91.6 cm³/mol. The van der Waals surface area contributed by atoms with Gasteiger partial charge in [0.1, 0.15) is 5.60 Å². The van der Waals surface area contributed by atoms with Crippen molar-refractivity contribution in [1.29, 1.82) is 0 Å². The van der Waals surface area contributed by atoms with Crippen LogP contribution in [0.15, 0.2) is 30.3 Å². The van der Waals surface area contributed by atoms with Crippen LogP contribution in [0, 0.1) is 6.92 Å². The summed E-state index contributed by atoms with van der Waals surface area (Å²) in [5.74, 6) is 0.283. The Morgan fingerprint density at radius 1 is 1.30 bits per heavy atom. The molecule has 0 radical (unpaired) electrons. The highest BCUT2D eigenvalue weighted by Gasteiger charge is 2.31. The van der Waals surface area contributed by atoms with Crippen molar-refractivity contribution >= 4 is 17.0 Å². The van der Waals surface area contributed by atoms with Gasteiger partial charge in [0.25, 0.3) is 0 Å². The summed E-state index contributed by atoms with van der Waals surface area (Å²) in [6, 6.07) is 10.4. The van der Waals surface area contributed by atoms with E-state index in [0.29, 0.717) is 6.54 Å². The summed E-state index contributed by atoms with van der Waals surface area (Å²) in [5, 5.41) is 1.19. The fourth-order valence-corrected chi connectivity index (χ4v) is 3.08. The Morgan fingerprint density at radius 2 is 2.04 bits per heavy atom. The number of ether oxygens (including phenoxy) is 1. The maximum Gasteiger partial charge on any atom is 0.410 e. The summed E-state index contributed by atoms with van der Waals surface area (Å²) in [7, 11) is 0. The molecule has 1 amide bonds. The van der Waals surface area contributed by atoms with Crippen molar-refractivity contribution in [3.8, 4) is 0 Å². The highest BCUT2D eigenvalue weighted by Crippen LogP contribution is 2.29. The molecule has 0 saturated carbocycles.